The third kappa shape index (κ3) is 3.88. The number of sulfonamides is 1. The van der Waals surface area contributed by atoms with E-state index in [9.17, 15) is 17.2 Å². The molecule has 2 aromatic carbocycles. The summed E-state index contributed by atoms with van der Waals surface area (Å²) in [5.74, 6) is -1.43. The molecule has 4 nitrogen and oxygen atoms in total. The highest BCUT2D eigenvalue weighted by atomic mass is 32.2. The molecule has 0 amide bonds. The summed E-state index contributed by atoms with van der Waals surface area (Å²) in [4.78, 5) is -0.216. The van der Waals surface area contributed by atoms with E-state index >= 15 is 0 Å². The van der Waals surface area contributed by atoms with Crippen LogP contribution in [0.5, 0.6) is 5.75 Å². The van der Waals surface area contributed by atoms with Gasteiger partial charge in [0.2, 0.25) is 10.0 Å². The van der Waals surface area contributed by atoms with Gasteiger partial charge in [0.15, 0.2) is 11.6 Å². The molecule has 0 bridgehead atoms. The Balaban J connectivity index is 1.87. The summed E-state index contributed by atoms with van der Waals surface area (Å²) in [6, 6.07) is 10.3. The summed E-state index contributed by atoms with van der Waals surface area (Å²) in [7, 11) is -2.28. The molecule has 7 heteroatoms. The molecule has 1 aliphatic heterocycles. The second-order valence-electron chi connectivity index (χ2n) is 6.40. The molecular weight excluding hydrogens is 360 g/mol. The molecule has 0 aliphatic carbocycles. The number of benzene rings is 2. The fourth-order valence-corrected chi connectivity index (χ4v) is 4.80. The van der Waals surface area contributed by atoms with Crippen LogP contribution >= 0.6 is 0 Å². The van der Waals surface area contributed by atoms with Gasteiger partial charge in [-0.05, 0) is 54.7 Å². The standard InChI is InChI=1S/C19H21F2NO3S/c1-25-16-7-5-14(6-8-16)15-4-2-3-11-22(13-15)26(23,24)17-9-10-18(20)19(21)12-17/h5-10,12,15H,2-4,11,13H2,1H3. The monoisotopic (exact) mass is 381 g/mol. The molecule has 0 aromatic heterocycles. The first-order valence-electron chi connectivity index (χ1n) is 8.51. The summed E-state index contributed by atoms with van der Waals surface area (Å²) in [5, 5.41) is 0. The maximum absolute atomic E-state index is 13.5. The van der Waals surface area contributed by atoms with Crippen LogP contribution in [0.3, 0.4) is 0 Å². The van der Waals surface area contributed by atoms with Crippen LogP contribution < -0.4 is 4.74 Å². The Bertz CT molecular complexity index is 869. The van der Waals surface area contributed by atoms with E-state index in [4.69, 9.17) is 4.74 Å². The first kappa shape index (κ1) is 18.8. The lowest BCUT2D eigenvalue weighted by molar-refractivity contribution is 0.403. The lowest BCUT2D eigenvalue weighted by Crippen LogP contribution is -2.34. The van der Waals surface area contributed by atoms with E-state index in [-0.39, 0.29) is 10.8 Å². The van der Waals surface area contributed by atoms with Crippen molar-refractivity contribution >= 4 is 10.0 Å². The normalized spacial score (nSPS) is 19.1. The first-order valence-corrected chi connectivity index (χ1v) is 9.95. The molecule has 140 valence electrons. The van der Waals surface area contributed by atoms with Crippen LogP contribution in [-0.2, 0) is 10.0 Å². The maximum atomic E-state index is 13.5. The minimum Gasteiger partial charge on any atom is -0.497 e. The SMILES string of the molecule is COc1ccc(C2CCCCN(S(=O)(=O)c3ccc(F)c(F)c3)C2)cc1. The van der Waals surface area contributed by atoms with E-state index in [1.807, 2.05) is 24.3 Å². The predicted molar refractivity (Wildman–Crippen MR) is 94.7 cm³/mol. The van der Waals surface area contributed by atoms with Crippen LogP contribution in [-0.4, -0.2) is 32.9 Å². The Morgan fingerprint density at radius 2 is 1.77 bits per heavy atom. The molecule has 2 aromatic rings. The van der Waals surface area contributed by atoms with Gasteiger partial charge in [-0.1, -0.05) is 18.6 Å². The van der Waals surface area contributed by atoms with E-state index in [0.717, 1.165) is 48.8 Å². The lowest BCUT2D eigenvalue weighted by atomic mass is 9.94. The van der Waals surface area contributed by atoms with Crippen molar-refractivity contribution < 1.29 is 21.9 Å². The highest BCUT2D eigenvalue weighted by Crippen LogP contribution is 2.30. The minimum absolute atomic E-state index is 0.0449. The quantitative estimate of drug-likeness (QED) is 0.806. The molecular formula is C19H21F2NO3S. The van der Waals surface area contributed by atoms with Gasteiger partial charge in [-0.15, -0.1) is 0 Å². The Hall–Kier alpha value is -1.99. The van der Waals surface area contributed by atoms with E-state index in [2.05, 4.69) is 0 Å². The van der Waals surface area contributed by atoms with Crippen molar-refractivity contribution in [1.82, 2.24) is 4.31 Å². The molecule has 1 saturated heterocycles. The zero-order valence-corrected chi connectivity index (χ0v) is 15.3. The van der Waals surface area contributed by atoms with Crippen LogP contribution in [0.2, 0.25) is 0 Å². The fraction of sp³-hybridized carbons (Fsp3) is 0.368. The van der Waals surface area contributed by atoms with Gasteiger partial charge in [-0.3, -0.25) is 0 Å². The Labute approximate surface area is 152 Å². The smallest absolute Gasteiger partial charge is 0.243 e. The van der Waals surface area contributed by atoms with Gasteiger partial charge < -0.3 is 4.74 Å². The third-order valence-electron chi connectivity index (χ3n) is 4.75. The Kier molecular flexibility index (Phi) is 5.58. The zero-order valence-electron chi connectivity index (χ0n) is 14.5. The van der Waals surface area contributed by atoms with Crippen molar-refractivity contribution in [3.63, 3.8) is 0 Å². The number of methoxy groups -OCH3 is 1. The summed E-state index contributed by atoms with van der Waals surface area (Å²) in [5.41, 5.74) is 1.04. The van der Waals surface area contributed by atoms with Crippen molar-refractivity contribution in [2.45, 2.75) is 30.1 Å². The van der Waals surface area contributed by atoms with Gasteiger partial charge in [-0.2, -0.15) is 4.31 Å². The van der Waals surface area contributed by atoms with Crippen molar-refractivity contribution in [1.29, 1.82) is 0 Å². The molecule has 0 spiro atoms. The van der Waals surface area contributed by atoms with Gasteiger partial charge in [-0.25, -0.2) is 17.2 Å². The van der Waals surface area contributed by atoms with E-state index < -0.39 is 21.7 Å². The third-order valence-corrected chi connectivity index (χ3v) is 6.61. The Morgan fingerprint density at radius 1 is 1.04 bits per heavy atom. The fourth-order valence-electron chi connectivity index (χ4n) is 3.26. The van der Waals surface area contributed by atoms with Gasteiger partial charge in [0.1, 0.15) is 5.75 Å². The summed E-state index contributed by atoms with van der Waals surface area (Å²) in [6.45, 7) is 0.682. The van der Waals surface area contributed by atoms with Crippen LogP contribution in [0.15, 0.2) is 47.4 Å². The number of hydrogen-bond acceptors (Lipinski definition) is 3. The average Bonchev–Trinajstić information content (AvgIpc) is 2.91. The maximum Gasteiger partial charge on any atom is 0.243 e. The molecule has 3 rings (SSSR count). The van der Waals surface area contributed by atoms with Crippen LogP contribution in [0.25, 0.3) is 0 Å². The van der Waals surface area contributed by atoms with E-state index in [1.54, 1.807) is 7.11 Å². The minimum atomic E-state index is -3.88. The molecule has 0 radical (unpaired) electrons. The van der Waals surface area contributed by atoms with Crippen LogP contribution in [0, 0.1) is 11.6 Å². The second kappa shape index (κ2) is 7.72. The van der Waals surface area contributed by atoms with Gasteiger partial charge in [0.05, 0.1) is 12.0 Å². The van der Waals surface area contributed by atoms with Gasteiger partial charge in [0.25, 0.3) is 0 Å². The number of ether oxygens (including phenoxy) is 1. The van der Waals surface area contributed by atoms with Crippen LogP contribution in [0.4, 0.5) is 8.78 Å². The lowest BCUT2D eigenvalue weighted by Gasteiger charge is -2.24. The molecule has 1 atom stereocenters. The van der Waals surface area contributed by atoms with Crippen molar-refractivity contribution in [2.75, 3.05) is 20.2 Å². The highest BCUT2D eigenvalue weighted by Gasteiger charge is 2.30. The average molecular weight is 381 g/mol. The number of halogens is 2. The largest absolute Gasteiger partial charge is 0.497 e. The number of rotatable bonds is 4. The van der Waals surface area contributed by atoms with Crippen LogP contribution in [0.1, 0.15) is 30.7 Å². The number of hydrogen-bond donors (Lipinski definition) is 0. The number of nitrogens with zero attached hydrogens (tertiary/aromatic N) is 1. The molecule has 1 unspecified atom stereocenters. The molecule has 26 heavy (non-hydrogen) atoms. The van der Waals surface area contributed by atoms with E-state index in [0.29, 0.717) is 13.1 Å². The molecule has 0 saturated carbocycles. The molecule has 1 fully saturated rings. The summed E-state index contributed by atoms with van der Waals surface area (Å²) in [6.07, 6.45) is 2.51. The van der Waals surface area contributed by atoms with Crippen molar-refractivity contribution in [3.8, 4) is 5.75 Å². The predicted octanol–water partition coefficient (Wildman–Crippen LogP) is 3.93. The molecule has 0 N–H and O–H groups in total. The van der Waals surface area contributed by atoms with Gasteiger partial charge >= 0.3 is 0 Å². The topological polar surface area (TPSA) is 46.6 Å². The Morgan fingerprint density at radius 3 is 2.42 bits per heavy atom. The molecule has 1 aliphatic rings. The highest BCUT2D eigenvalue weighted by molar-refractivity contribution is 7.89. The summed E-state index contributed by atoms with van der Waals surface area (Å²) >= 11 is 0. The first-order chi connectivity index (χ1) is 12.4. The van der Waals surface area contributed by atoms with E-state index in [1.165, 1.54) is 4.31 Å². The van der Waals surface area contributed by atoms with Crippen molar-refractivity contribution in [3.05, 3.63) is 59.7 Å². The molecule has 1 heterocycles. The zero-order chi connectivity index (χ0) is 18.7. The van der Waals surface area contributed by atoms with Gasteiger partial charge in [0, 0.05) is 13.1 Å². The summed E-state index contributed by atoms with van der Waals surface area (Å²) < 4.78 is 59.0. The van der Waals surface area contributed by atoms with Crippen molar-refractivity contribution in [2.24, 2.45) is 0 Å². The second-order valence-corrected chi connectivity index (χ2v) is 8.34.